The van der Waals surface area contributed by atoms with Crippen LogP contribution in [-0.2, 0) is 9.53 Å². The van der Waals surface area contributed by atoms with Gasteiger partial charge in [-0.15, -0.1) is 0 Å². The highest BCUT2D eigenvalue weighted by atomic mass is 35.5. The molecule has 2 N–H and O–H groups in total. The van der Waals surface area contributed by atoms with Crippen LogP contribution in [0.25, 0.3) is 0 Å². The number of carbonyl (C=O) groups is 1. The van der Waals surface area contributed by atoms with Crippen LogP contribution in [0, 0.1) is 0 Å². The number of hydrogen-bond donors (Lipinski definition) is 2. The Hall–Kier alpha value is -1.17. The molecule has 1 fully saturated rings. The third kappa shape index (κ3) is 3.66. The molecule has 17 heavy (non-hydrogen) atoms. The van der Waals surface area contributed by atoms with Gasteiger partial charge in [-0.2, -0.15) is 0 Å². The van der Waals surface area contributed by atoms with E-state index < -0.39 is 0 Å². The molecule has 0 aromatic carbocycles. The van der Waals surface area contributed by atoms with Crippen molar-refractivity contribution in [2.45, 2.75) is 12.5 Å². The maximum atomic E-state index is 11.7. The summed E-state index contributed by atoms with van der Waals surface area (Å²) in [5.74, 6) is 0.252. The number of ether oxygens (including phenoxy) is 1. The third-order valence-corrected chi connectivity index (χ3v) is 2.74. The minimum absolute atomic E-state index is 0.0776. The largest absolute Gasteiger partial charge is 0.375 e. The summed E-state index contributed by atoms with van der Waals surface area (Å²) in [7, 11) is 0. The number of amides is 1. The molecule has 1 unspecified atom stereocenters. The molecule has 1 aliphatic heterocycles. The highest BCUT2D eigenvalue weighted by Crippen LogP contribution is 2.17. The van der Waals surface area contributed by atoms with E-state index in [9.17, 15) is 4.79 Å². The number of aromatic nitrogens is 1. The van der Waals surface area contributed by atoms with Gasteiger partial charge in [-0.05, 0) is 12.1 Å². The quantitative estimate of drug-likeness (QED) is 0.848. The third-order valence-electron chi connectivity index (χ3n) is 2.43. The molecule has 2 rings (SSSR count). The van der Waals surface area contributed by atoms with Crippen LogP contribution in [0.2, 0.25) is 5.02 Å². The molecule has 2 heterocycles. The van der Waals surface area contributed by atoms with Gasteiger partial charge in [-0.25, -0.2) is 4.98 Å². The van der Waals surface area contributed by atoms with Crippen LogP contribution in [0.3, 0.4) is 0 Å². The molecule has 1 amide bonds. The first-order valence-electron chi connectivity index (χ1n) is 5.48. The maximum absolute atomic E-state index is 11.7. The summed E-state index contributed by atoms with van der Waals surface area (Å²) in [5, 5.41) is 6.27. The minimum atomic E-state index is -0.140. The number of halogens is 1. The number of hydrogen-bond acceptors (Lipinski definition) is 4. The molecule has 0 aliphatic carbocycles. The molecule has 0 saturated carbocycles. The average Bonchev–Trinajstić information content (AvgIpc) is 2.33. The molecular weight excluding hydrogens is 242 g/mol. The van der Waals surface area contributed by atoms with Gasteiger partial charge in [0, 0.05) is 19.3 Å². The van der Waals surface area contributed by atoms with Crippen molar-refractivity contribution in [3.8, 4) is 0 Å². The van der Waals surface area contributed by atoms with Crippen molar-refractivity contribution >= 4 is 23.3 Å². The summed E-state index contributed by atoms with van der Waals surface area (Å²) in [6.45, 7) is 2.18. The van der Waals surface area contributed by atoms with E-state index in [0.29, 0.717) is 30.4 Å². The van der Waals surface area contributed by atoms with Crippen LogP contribution in [-0.4, -0.2) is 36.7 Å². The van der Waals surface area contributed by atoms with Crippen molar-refractivity contribution in [2.24, 2.45) is 0 Å². The number of morpholine rings is 1. The van der Waals surface area contributed by atoms with Crippen molar-refractivity contribution in [1.29, 1.82) is 0 Å². The van der Waals surface area contributed by atoms with Crippen molar-refractivity contribution in [3.05, 3.63) is 23.4 Å². The van der Waals surface area contributed by atoms with Crippen molar-refractivity contribution < 1.29 is 9.53 Å². The van der Waals surface area contributed by atoms with E-state index in [0.717, 1.165) is 6.54 Å². The Morgan fingerprint density at radius 2 is 2.59 bits per heavy atom. The Morgan fingerprint density at radius 1 is 1.71 bits per heavy atom. The number of rotatable bonds is 3. The highest BCUT2D eigenvalue weighted by molar-refractivity contribution is 6.33. The van der Waals surface area contributed by atoms with E-state index in [2.05, 4.69) is 15.6 Å². The standard InChI is InChI=1S/C11H14ClN3O2/c12-9-2-1-3-14-11(9)15-10(16)6-8-7-13-4-5-17-8/h1-3,8,13H,4-7H2,(H,14,15,16). The van der Waals surface area contributed by atoms with Crippen molar-refractivity contribution in [3.63, 3.8) is 0 Å². The summed E-state index contributed by atoms with van der Waals surface area (Å²) in [4.78, 5) is 15.7. The van der Waals surface area contributed by atoms with Gasteiger partial charge in [0.05, 0.1) is 24.2 Å². The van der Waals surface area contributed by atoms with Crippen LogP contribution in [0.5, 0.6) is 0 Å². The molecule has 6 heteroatoms. The molecule has 5 nitrogen and oxygen atoms in total. The lowest BCUT2D eigenvalue weighted by atomic mass is 10.2. The fraction of sp³-hybridized carbons (Fsp3) is 0.455. The average molecular weight is 256 g/mol. The van der Waals surface area contributed by atoms with E-state index >= 15 is 0 Å². The van der Waals surface area contributed by atoms with Gasteiger partial charge < -0.3 is 15.4 Å². The Bertz CT molecular complexity index is 394. The summed E-state index contributed by atoms with van der Waals surface area (Å²) in [6, 6.07) is 3.40. The maximum Gasteiger partial charge on any atom is 0.228 e. The molecule has 0 spiro atoms. The summed E-state index contributed by atoms with van der Waals surface area (Å²) in [5.41, 5.74) is 0. The topological polar surface area (TPSA) is 63.2 Å². The van der Waals surface area contributed by atoms with Gasteiger partial charge in [-0.1, -0.05) is 11.6 Å². The molecular formula is C11H14ClN3O2. The molecule has 1 aromatic rings. The zero-order valence-corrected chi connectivity index (χ0v) is 10.0. The van der Waals surface area contributed by atoms with Gasteiger partial charge in [0.25, 0.3) is 0 Å². The second kappa shape index (κ2) is 5.95. The second-order valence-electron chi connectivity index (χ2n) is 3.78. The van der Waals surface area contributed by atoms with Crippen LogP contribution in [0.4, 0.5) is 5.82 Å². The van der Waals surface area contributed by atoms with Crippen LogP contribution >= 0.6 is 11.6 Å². The van der Waals surface area contributed by atoms with Crippen LogP contribution < -0.4 is 10.6 Å². The molecule has 0 radical (unpaired) electrons. The number of carbonyl (C=O) groups excluding carboxylic acids is 1. The molecule has 92 valence electrons. The summed E-state index contributed by atoms with van der Waals surface area (Å²) in [6.07, 6.45) is 1.81. The molecule has 1 aromatic heterocycles. The fourth-order valence-electron chi connectivity index (χ4n) is 1.62. The predicted molar refractivity (Wildman–Crippen MR) is 65.1 cm³/mol. The van der Waals surface area contributed by atoms with E-state index in [4.69, 9.17) is 16.3 Å². The van der Waals surface area contributed by atoms with Crippen LogP contribution in [0.1, 0.15) is 6.42 Å². The monoisotopic (exact) mass is 255 g/mol. The van der Waals surface area contributed by atoms with E-state index in [1.165, 1.54) is 0 Å². The number of nitrogens with zero attached hydrogens (tertiary/aromatic N) is 1. The molecule has 1 saturated heterocycles. The lowest BCUT2D eigenvalue weighted by Crippen LogP contribution is -2.40. The first kappa shape index (κ1) is 12.3. The minimum Gasteiger partial charge on any atom is -0.375 e. The first-order valence-corrected chi connectivity index (χ1v) is 5.86. The lowest BCUT2D eigenvalue weighted by molar-refractivity contribution is -0.119. The number of pyridine rings is 1. The summed E-state index contributed by atoms with van der Waals surface area (Å²) >= 11 is 5.89. The normalized spacial score (nSPS) is 19.9. The Morgan fingerprint density at radius 3 is 3.29 bits per heavy atom. The predicted octanol–water partition coefficient (Wildman–Crippen LogP) is 1.05. The second-order valence-corrected chi connectivity index (χ2v) is 4.19. The lowest BCUT2D eigenvalue weighted by Gasteiger charge is -2.22. The van der Waals surface area contributed by atoms with Gasteiger partial charge >= 0.3 is 0 Å². The number of anilines is 1. The molecule has 1 aliphatic rings. The Kier molecular flexibility index (Phi) is 4.30. The van der Waals surface area contributed by atoms with Gasteiger partial charge in [0.1, 0.15) is 0 Å². The number of nitrogens with one attached hydrogen (secondary N) is 2. The molecule has 1 atom stereocenters. The van der Waals surface area contributed by atoms with Crippen molar-refractivity contribution in [1.82, 2.24) is 10.3 Å². The fourth-order valence-corrected chi connectivity index (χ4v) is 1.79. The molecule has 0 bridgehead atoms. The smallest absolute Gasteiger partial charge is 0.228 e. The zero-order chi connectivity index (χ0) is 12.1. The van der Waals surface area contributed by atoms with E-state index in [-0.39, 0.29) is 12.0 Å². The van der Waals surface area contributed by atoms with E-state index in [1.807, 2.05) is 0 Å². The zero-order valence-electron chi connectivity index (χ0n) is 9.28. The summed E-state index contributed by atoms with van der Waals surface area (Å²) < 4.78 is 5.44. The van der Waals surface area contributed by atoms with Crippen LogP contribution in [0.15, 0.2) is 18.3 Å². The van der Waals surface area contributed by atoms with E-state index in [1.54, 1.807) is 18.3 Å². The SMILES string of the molecule is O=C(CC1CNCCO1)Nc1ncccc1Cl. The van der Waals surface area contributed by atoms with Gasteiger partial charge in [-0.3, -0.25) is 4.79 Å². The first-order chi connectivity index (χ1) is 8.25. The van der Waals surface area contributed by atoms with Gasteiger partial charge in [0.2, 0.25) is 5.91 Å². The Balaban J connectivity index is 1.86. The Labute approximate surface area is 105 Å². The van der Waals surface area contributed by atoms with Crippen molar-refractivity contribution in [2.75, 3.05) is 25.0 Å². The van der Waals surface area contributed by atoms with Gasteiger partial charge in [0.15, 0.2) is 5.82 Å². The highest BCUT2D eigenvalue weighted by Gasteiger charge is 2.17.